The summed E-state index contributed by atoms with van der Waals surface area (Å²) in [6, 6.07) is 4.00. The third-order valence-electron chi connectivity index (χ3n) is 5.95. The van der Waals surface area contributed by atoms with E-state index in [0.717, 1.165) is 24.3 Å². The van der Waals surface area contributed by atoms with Gasteiger partial charge < -0.3 is 10.1 Å². The van der Waals surface area contributed by atoms with Crippen LogP contribution in [0.5, 0.6) is 5.75 Å². The van der Waals surface area contributed by atoms with Crippen molar-refractivity contribution in [3.8, 4) is 5.75 Å². The summed E-state index contributed by atoms with van der Waals surface area (Å²) in [6.45, 7) is 11.1. The van der Waals surface area contributed by atoms with E-state index in [-0.39, 0.29) is 6.04 Å². The lowest BCUT2D eigenvalue weighted by atomic mass is 10.00. The Labute approximate surface area is 137 Å². The van der Waals surface area contributed by atoms with E-state index in [1.807, 2.05) is 6.07 Å². The van der Waals surface area contributed by atoms with Gasteiger partial charge in [-0.3, -0.25) is 0 Å². The summed E-state index contributed by atoms with van der Waals surface area (Å²) in [5.41, 5.74) is 1.90. The summed E-state index contributed by atoms with van der Waals surface area (Å²) < 4.78 is 5.71. The fourth-order valence-corrected chi connectivity index (χ4v) is 4.31. The molecule has 1 aromatic carbocycles. The van der Waals surface area contributed by atoms with Gasteiger partial charge in [0.2, 0.25) is 0 Å². The Hall–Kier alpha value is -0.440. The molecule has 0 spiro atoms. The number of fused-ring (bicyclic) bond motifs is 1. The number of benzene rings is 1. The van der Waals surface area contributed by atoms with Gasteiger partial charge in [0.05, 0.1) is 11.6 Å². The third-order valence-corrected chi connectivity index (χ3v) is 6.45. The zero-order chi connectivity index (χ0) is 15.4. The maximum atomic E-state index is 6.24. The van der Waals surface area contributed by atoms with Crippen LogP contribution in [0.25, 0.3) is 0 Å². The molecular formula is C17H23Cl2NO. The summed E-state index contributed by atoms with van der Waals surface area (Å²) in [5, 5.41) is 4.99. The van der Waals surface area contributed by atoms with Crippen LogP contribution in [-0.4, -0.2) is 13.2 Å². The van der Waals surface area contributed by atoms with Crippen molar-refractivity contribution < 1.29 is 4.74 Å². The van der Waals surface area contributed by atoms with Crippen molar-refractivity contribution in [3.05, 3.63) is 27.7 Å². The van der Waals surface area contributed by atoms with Crippen molar-refractivity contribution in [2.75, 3.05) is 13.2 Å². The Bertz CT molecular complexity index is 554. The second-order valence-electron chi connectivity index (χ2n) is 7.40. The van der Waals surface area contributed by atoms with Gasteiger partial charge in [-0.25, -0.2) is 0 Å². The van der Waals surface area contributed by atoms with Gasteiger partial charge in [-0.05, 0) is 35.4 Å². The van der Waals surface area contributed by atoms with Gasteiger partial charge in [0.1, 0.15) is 5.75 Å². The summed E-state index contributed by atoms with van der Waals surface area (Å²) in [5.74, 6) is 1.49. The predicted molar refractivity (Wildman–Crippen MR) is 88.4 cm³/mol. The predicted octanol–water partition coefficient (Wildman–Crippen LogP) is 5.09. The average Bonchev–Trinajstić information content (AvgIpc) is 2.77. The Morgan fingerprint density at radius 1 is 1.19 bits per heavy atom. The number of rotatable bonds is 3. The molecule has 1 N–H and O–H groups in total. The van der Waals surface area contributed by atoms with E-state index < -0.39 is 0 Å². The molecule has 1 aliphatic heterocycles. The van der Waals surface area contributed by atoms with Crippen molar-refractivity contribution in [2.45, 2.75) is 40.2 Å². The SMILES string of the molecule is CC1(C)C(CNC2CCOc3c(Cl)cc(Cl)cc32)C1(C)C. The minimum atomic E-state index is 0.275. The number of hydrogen-bond acceptors (Lipinski definition) is 2. The molecule has 0 bridgehead atoms. The van der Waals surface area contributed by atoms with Gasteiger partial charge in [0.15, 0.2) is 0 Å². The Morgan fingerprint density at radius 3 is 2.48 bits per heavy atom. The summed E-state index contributed by atoms with van der Waals surface area (Å²) >= 11 is 12.4. The first-order valence-corrected chi connectivity index (χ1v) is 8.36. The topological polar surface area (TPSA) is 21.3 Å². The minimum absolute atomic E-state index is 0.275. The Morgan fingerprint density at radius 2 is 1.86 bits per heavy atom. The molecule has 4 heteroatoms. The van der Waals surface area contributed by atoms with E-state index in [2.05, 4.69) is 33.0 Å². The first-order valence-electron chi connectivity index (χ1n) is 7.60. The molecule has 3 rings (SSSR count). The number of halogens is 2. The summed E-state index contributed by atoms with van der Waals surface area (Å²) in [6.07, 6.45) is 0.956. The van der Waals surface area contributed by atoms with Crippen molar-refractivity contribution in [1.82, 2.24) is 5.32 Å². The molecule has 0 aromatic heterocycles. The molecule has 0 amide bonds. The van der Waals surface area contributed by atoms with Crippen molar-refractivity contribution in [2.24, 2.45) is 16.7 Å². The quantitative estimate of drug-likeness (QED) is 0.834. The van der Waals surface area contributed by atoms with Crippen LogP contribution in [0.15, 0.2) is 12.1 Å². The zero-order valence-electron chi connectivity index (χ0n) is 13.1. The van der Waals surface area contributed by atoms with Crippen LogP contribution in [0, 0.1) is 16.7 Å². The highest BCUT2D eigenvalue weighted by Crippen LogP contribution is 2.68. The van der Waals surface area contributed by atoms with E-state index in [4.69, 9.17) is 27.9 Å². The molecule has 0 saturated heterocycles. The lowest BCUT2D eigenvalue weighted by Crippen LogP contribution is -2.29. The first-order chi connectivity index (χ1) is 9.75. The molecule has 1 saturated carbocycles. The highest BCUT2D eigenvalue weighted by atomic mass is 35.5. The van der Waals surface area contributed by atoms with E-state index in [9.17, 15) is 0 Å². The zero-order valence-corrected chi connectivity index (χ0v) is 14.6. The molecular weight excluding hydrogens is 305 g/mol. The van der Waals surface area contributed by atoms with Crippen LogP contribution >= 0.6 is 23.2 Å². The third kappa shape index (κ3) is 2.46. The summed E-state index contributed by atoms with van der Waals surface area (Å²) in [4.78, 5) is 0. The lowest BCUT2D eigenvalue weighted by Gasteiger charge is -2.28. The van der Waals surface area contributed by atoms with Crippen LogP contribution in [-0.2, 0) is 0 Å². The molecule has 1 atom stereocenters. The van der Waals surface area contributed by atoms with Crippen molar-refractivity contribution >= 4 is 23.2 Å². The van der Waals surface area contributed by atoms with Gasteiger partial charge in [-0.2, -0.15) is 0 Å². The van der Waals surface area contributed by atoms with E-state index in [0.29, 0.717) is 33.4 Å². The van der Waals surface area contributed by atoms with E-state index in [1.54, 1.807) is 6.07 Å². The Kier molecular flexibility index (Phi) is 3.71. The van der Waals surface area contributed by atoms with Crippen molar-refractivity contribution in [3.63, 3.8) is 0 Å². The smallest absolute Gasteiger partial charge is 0.142 e. The molecule has 2 aliphatic rings. The van der Waals surface area contributed by atoms with Crippen LogP contribution in [0.3, 0.4) is 0 Å². The second kappa shape index (κ2) is 5.04. The van der Waals surface area contributed by atoms with Crippen LogP contribution < -0.4 is 10.1 Å². The van der Waals surface area contributed by atoms with Crippen LogP contribution in [0.1, 0.15) is 45.7 Å². The van der Waals surface area contributed by atoms with Gasteiger partial charge in [-0.1, -0.05) is 50.9 Å². The second-order valence-corrected chi connectivity index (χ2v) is 8.24. The maximum Gasteiger partial charge on any atom is 0.142 e. The monoisotopic (exact) mass is 327 g/mol. The lowest BCUT2D eigenvalue weighted by molar-refractivity contribution is 0.250. The van der Waals surface area contributed by atoms with E-state index in [1.165, 1.54) is 0 Å². The van der Waals surface area contributed by atoms with Gasteiger partial charge in [-0.15, -0.1) is 0 Å². The number of nitrogens with one attached hydrogen (secondary N) is 1. The molecule has 1 unspecified atom stereocenters. The highest BCUT2D eigenvalue weighted by Gasteiger charge is 2.63. The molecule has 1 aliphatic carbocycles. The number of hydrogen-bond donors (Lipinski definition) is 1. The Balaban J connectivity index is 1.75. The van der Waals surface area contributed by atoms with Crippen LogP contribution in [0.2, 0.25) is 10.0 Å². The normalized spacial score (nSPS) is 26.1. The molecule has 116 valence electrons. The molecule has 21 heavy (non-hydrogen) atoms. The van der Waals surface area contributed by atoms with Gasteiger partial charge in [0, 0.05) is 23.0 Å². The number of ether oxygens (including phenoxy) is 1. The highest BCUT2D eigenvalue weighted by molar-refractivity contribution is 6.35. The largest absolute Gasteiger partial charge is 0.492 e. The minimum Gasteiger partial charge on any atom is -0.492 e. The molecule has 1 heterocycles. The van der Waals surface area contributed by atoms with E-state index >= 15 is 0 Å². The van der Waals surface area contributed by atoms with Gasteiger partial charge >= 0.3 is 0 Å². The first kappa shape index (κ1) is 15.5. The fraction of sp³-hybridized carbons (Fsp3) is 0.647. The summed E-state index contributed by atoms with van der Waals surface area (Å²) in [7, 11) is 0. The average molecular weight is 328 g/mol. The van der Waals surface area contributed by atoms with Crippen molar-refractivity contribution in [1.29, 1.82) is 0 Å². The standard InChI is InChI=1S/C17H23Cl2NO/c1-16(2)14(17(16,3)4)9-20-13-5-6-21-15-11(13)7-10(18)8-12(15)19/h7-8,13-14,20H,5-6,9H2,1-4H3. The fourth-order valence-electron chi connectivity index (χ4n) is 3.74. The molecule has 2 nitrogen and oxygen atoms in total. The molecule has 0 radical (unpaired) electrons. The molecule has 1 fully saturated rings. The van der Waals surface area contributed by atoms with Crippen LogP contribution in [0.4, 0.5) is 0 Å². The van der Waals surface area contributed by atoms with Gasteiger partial charge in [0.25, 0.3) is 0 Å². The molecule has 1 aromatic rings. The maximum absolute atomic E-state index is 6.24.